The van der Waals surface area contributed by atoms with Crippen LogP contribution < -0.4 is 0 Å². The lowest BCUT2D eigenvalue weighted by Crippen LogP contribution is -2.19. The Hall–Kier alpha value is -3.68. The number of carbonyl (C=O) groups is 1. The molecule has 40 heavy (non-hydrogen) atoms. The first-order chi connectivity index (χ1) is 19.5. The third-order valence-corrected chi connectivity index (χ3v) is 8.44. The van der Waals surface area contributed by atoms with E-state index in [2.05, 4.69) is 41.7 Å². The van der Waals surface area contributed by atoms with E-state index in [-0.39, 0.29) is 6.23 Å². The van der Waals surface area contributed by atoms with E-state index in [0.29, 0.717) is 17.9 Å². The van der Waals surface area contributed by atoms with Crippen molar-refractivity contribution in [3.63, 3.8) is 0 Å². The number of rotatable bonds is 8. The Balaban J connectivity index is 1.54. The van der Waals surface area contributed by atoms with Gasteiger partial charge in [-0.25, -0.2) is 9.48 Å². The number of benzene rings is 3. The summed E-state index contributed by atoms with van der Waals surface area (Å²) in [7, 11) is 0. The zero-order valence-electron chi connectivity index (χ0n) is 22.3. The molecule has 0 radical (unpaired) electrons. The molecule has 1 aromatic heterocycles. The second kappa shape index (κ2) is 11.4. The van der Waals surface area contributed by atoms with Crippen LogP contribution in [0.2, 0.25) is 0 Å². The summed E-state index contributed by atoms with van der Waals surface area (Å²) in [6.07, 6.45) is 9.66. The third kappa shape index (κ3) is 5.36. The molecule has 1 aliphatic heterocycles. The summed E-state index contributed by atoms with van der Waals surface area (Å²) >= 11 is 1.73. The van der Waals surface area contributed by atoms with Crippen LogP contribution in [0.15, 0.2) is 77.7 Å². The number of carboxylic acid groups (broad SMARTS) is 1. The van der Waals surface area contributed by atoms with Crippen LogP contribution in [-0.4, -0.2) is 33.7 Å². The highest BCUT2D eigenvalue weighted by Gasteiger charge is 2.32. The van der Waals surface area contributed by atoms with Crippen molar-refractivity contribution < 1.29 is 19.0 Å². The van der Waals surface area contributed by atoms with Gasteiger partial charge in [-0.2, -0.15) is 4.39 Å². The van der Waals surface area contributed by atoms with Gasteiger partial charge in [0.2, 0.25) is 5.95 Å². The number of nitrogens with zero attached hydrogens (tertiary/aromatic N) is 2. The van der Waals surface area contributed by atoms with Crippen LogP contribution in [0.4, 0.5) is 4.39 Å². The van der Waals surface area contributed by atoms with Gasteiger partial charge < -0.3 is 9.84 Å². The van der Waals surface area contributed by atoms with Crippen LogP contribution >= 0.6 is 11.8 Å². The van der Waals surface area contributed by atoms with E-state index >= 15 is 4.39 Å². The van der Waals surface area contributed by atoms with Gasteiger partial charge in [0, 0.05) is 17.6 Å². The number of carboxylic acids is 1. The molecule has 0 spiro atoms. The van der Waals surface area contributed by atoms with Gasteiger partial charge in [0.15, 0.2) is 6.23 Å². The predicted molar refractivity (Wildman–Crippen MR) is 159 cm³/mol. The average molecular weight is 555 g/mol. The molecule has 2 heterocycles. The number of hydrogen-bond donors (Lipinski definition) is 1. The Morgan fingerprint density at radius 2 is 1.82 bits per heavy atom. The van der Waals surface area contributed by atoms with Crippen molar-refractivity contribution in [1.82, 2.24) is 9.78 Å². The average Bonchev–Trinajstić information content (AvgIpc) is 3.78. The molecule has 1 unspecified atom stereocenters. The zero-order chi connectivity index (χ0) is 27.6. The number of hydrogen-bond acceptors (Lipinski definition) is 4. The van der Waals surface area contributed by atoms with E-state index in [0.717, 1.165) is 66.0 Å². The smallest absolute Gasteiger partial charge is 0.328 e. The fourth-order valence-corrected chi connectivity index (χ4v) is 6.21. The van der Waals surface area contributed by atoms with E-state index in [1.165, 1.54) is 16.0 Å². The second-order valence-electron chi connectivity index (χ2n) is 10.3. The molecule has 1 N–H and O–H groups in total. The predicted octanol–water partition coefficient (Wildman–Crippen LogP) is 8.06. The molecule has 2 aliphatic rings. The lowest BCUT2D eigenvalue weighted by molar-refractivity contribution is -0.131. The number of aliphatic carboxylic acids is 1. The van der Waals surface area contributed by atoms with E-state index < -0.39 is 11.9 Å². The Bertz CT molecular complexity index is 1610. The van der Waals surface area contributed by atoms with Crippen molar-refractivity contribution in [2.75, 3.05) is 12.9 Å². The Labute approximate surface area is 237 Å². The minimum absolute atomic E-state index is 0.247. The van der Waals surface area contributed by atoms with Crippen molar-refractivity contribution in [1.29, 1.82) is 0 Å². The number of ether oxygens (including phenoxy) is 1. The number of thioether (sulfide) groups is 1. The molecule has 3 aromatic carbocycles. The maximum absolute atomic E-state index is 15.4. The molecule has 204 valence electrons. The quantitative estimate of drug-likeness (QED) is 0.136. The number of aromatic nitrogens is 2. The Morgan fingerprint density at radius 3 is 2.52 bits per heavy atom. The summed E-state index contributed by atoms with van der Waals surface area (Å²) in [6, 6.07) is 22.3. The molecule has 2 fully saturated rings. The molecule has 7 heteroatoms. The zero-order valence-corrected chi connectivity index (χ0v) is 23.2. The maximum atomic E-state index is 15.4. The molecule has 4 aromatic rings. The van der Waals surface area contributed by atoms with E-state index in [4.69, 9.17) is 9.84 Å². The fraction of sp³-hybridized carbons (Fsp3) is 0.273. The fourth-order valence-electron chi connectivity index (χ4n) is 5.60. The molecule has 1 saturated heterocycles. The largest absolute Gasteiger partial charge is 0.478 e. The third-order valence-electron chi connectivity index (χ3n) is 7.65. The lowest BCUT2D eigenvalue weighted by atomic mass is 9.86. The molecule has 6 rings (SSSR count). The maximum Gasteiger partial charge on any atom is 0.328 e. The highest BCUT2D eigenvalue weighted by Crippen LogP contribution is 2.49. The minimum atomic E-state index is -0.983. The topological polar surface area (TPSA) is 64.3 Å². The normalized spacial score (nSPS) is 18.3. The Kier molecular flexibility index (Phi) is 7.59. The summed E-state index contributed by atoms with van der Waals surface area (Å²) in [4.78, 5) is 12.2. The molecule has 1 atom stereocenters. The Morgan fingerprint density at radius 1 is 1.05 bits per heavy atom. The second-order valence-corrected chi connectivity index (χ2v) is 11.2. The first-order valence-corrected chi connectivity index (χ1v) is 14.9. The molecular weight excluding hydrogens is 523 g/mol. The highest BCUT2D eigenvalue weighted by molar-refractivity contribution is 7.98. The van der Waals surface area contributed by atoms with E-state index in [9.17, 15) is 4.79 Å². The van der Waals surface area contributed by atoms with Crippen molar-refractivity contribution in [3.05, 3.63) is 101 Å². The van der Waals surface area contributed by atoms with E-state index in [1.807, 2.05) is 36.4 Å². The molecule has 0 bridgehead atoms. The van der Waals surface area contributed by atoms with Crippen LogP contribution in [0.25, 0.3) is 28.1 Å². The lowest BCUT2D eigenvalue weighted by Gasteiger charge is -2.23. The minimum Gasteiger partial charge on any atom is -0.478 e. The van der Waals surface area contributed by atoms with Gasteiger partial charge in [-0.15, -0.1) is 16.9 Å². The SMILES string of the molecule is CSc1ccccc1/C(=C(\c1ccc(/C=C/C(=O)O)cc1)c1ccc2c(c1)c(F)nn2C1CCCCO1)C1CC1. The van der Waals surface area contributed by atoms with Gasteiger partial charge in [0.25, 0.3) is 0 Å². The molecule has 1 saturated carbocycles. The van der Waals surface area contributed by atoms with Crippen LogP contribution in [0.1, 0.15) is 60.6 Å². The summed E-state index contributed by atoms with van der Waals surface area (Å²) in [5, 5.41) is 13.8. The van der Waals surface area contributed by atoms with Gasteiger partial charge in [0.05, 0.1) is 10.9 Å². The van der Waals surface area contributed by atoms with Crippen molar-refractivity contribution in [2.45, 2.75) is 43.2 Å². The number of halogens is 1. The first-order valence-electron chi connectivity index (χ1n) is 13.7. The molecule has 5 nitrogen and oxygen atoms in total. The van der Waals surface area contributed by atoms with Crippen LogP contribution in [-0.2, 0) is 9.53 Å². The van der Waals surface area contributed by atoms with Gasteiger partial charge in [-0.3, -0.25) is 0 Å². The first kappa shape index (κ1) is 26.5. The molecular formula is C33H31FN2O3S. The number of fused-ring (bicyclic) bond motifs is 1. The highest BCUT2D eigenvalue weighted by atomic mass is 32.2. The monoisotopic (exact) mass is 554 g/mol. The summed E-state index contributed by atoms with van der Waals surface area (Å²) in [5.74, 6) is -1.06. The van der Waals surface area contributed by atoms with Crippen LogP contribution in [0.5, 0.6) is 0 Å². The molecule has 0 amide bonds. The van der Waals surface area contributed by atoms with Crippen molar-refractivity contribution in [3.8, 4) is 0 Å². The summed E-state index contributed by atoms with van der Waals surface area (Å²) in [6.45, 7) is 0.663. The van der Waals surface area contributed by atoms with Crippen molar-refractivity contribution in [2.24, 2.45) is 5.92 Å². The summed E-state index contributed by atoms with van der Waals surface area (Å²) < 4.78 is 23.0. The van der Waals surface area contributed by atoms with E-state index in [1.54, 1.807) is 22.5 Å². The van der Waals surface area contributed by atoms with Gasteiger partial charge in [-0.1, -0.05) is 48.5 Å². The summed E-state index contributed by atoms with van der Waals surface area (Å²) in [5.41, 5.74) is 7.02. The van der Waals surface area contributed by atoms with Crippen LogP contribution in [0, 0.1) is 11.9 Å². The number of allylic oxidation sites excluding steroid dienone is 1. The standard InChI is InChI=1S/C33H31FN2O3S/c1-40-28-7-3-2-6-25(28)32(23-14-15-23)31(22-12-9-21(10-13-22)11-18-30(37)38)24-16-17-27-26(20-24)33(34)35-36(27)29-8-4-5-19-39-29/h2-3,6-7,9-13,16-18,20,23,29H,4-5,8,14-15,19H2,1H3,(H,37,38)/b18-11+,32-31+. The molecule has 1 aliphatic carbocycles. The van der Waals surface area contributed by atoms with Gasteiger partial charge in [0.1, 0.15) is 0 Å². The van der Waals surface area contributed by atoms with Crippen LogP contribution in [0.3, 0.4) is 0 Å². The van der Waals surface area contributed by atoms with Gasteiger partial charge in [-0.05, 0) is 102 Å². The van der Waals surface area contributed by atoms with Gasteiger partial charge >= 0.3 is 5.97 Å². The van der Waals surface area contributed by atoms with Crippen molar-refractivity contribution >= 4 is 45.9 Å².